The SMILES string of the molecule is O=C(Nc1cc(Cl)c(C(=O)N2Cc3cccnc3Nc3ccccc32)cc1Cl)c1ccccc1-c1ccccc1. The molecule has 0 aliphatic carbocycles. The zero-order valence-electron chi connectivity index (χ0n) is 21.1. The van der Waals surface area contributed by atoms with E-state index in [4.69, 9.17) is 23.2 Å². The van der Waals surface area contributed by atoms with Gasteiger partial charge in [-0.25, -0.2) is 4.98 Å². The van der Waals surface area contributed by atoms with Crippen LogP contribution in [0.1, 0.15) is 26.3 Å². The molecule has 0 saturated carbocycles. The number of aromatic nitrogens is 1. The van der Waals surface area contributed by atoms with Gasteiger partial charge in [-0.1, -0.05) is 89.9 Å². The predicted octanol–water partition coefficient (Wildman–Crippen LogP) is 8.21. The fourth-order valence-electron chi connectivity index (χ4n) is 4.75. The van der Waals surface area contributed by atoms with E-state index in [0.29, 0.717) is 22.8 Å². The number of pyridine rings is 1. The van der Waals surface area contributed by atoms with Crippen molar-refractivity contribution in [1.82, 2.24) is 4.98 Å². The number of halogens is 2. The second-order valence-electron chi connectivity index (χ2n) is 9.22. The van der Waals surface area contributed by atoms with Gasteiger partial charge in [0.1, 0.15) is 5.82 Å². The molecule has 0 atom stereocenters. The molecule has 5 aromatic rings. The quantitative estimate of drug-likeness (QED) is 0.230. The zero-order valence-corrected chi connectivity index (χ0v) is 22.6. The lowest BCUT2D eigenvalue weighted by molar-refractivity contribution is 0.0984. The van der Waals surface area contributed by atoms with Gasteiger partial charge in [0.05, 0.1) is 39.2 Å². The first-order chi connectivity index (χ1) is 19.5. The second kappa shape index (κ2) is 10.8. The number of para-hydroxylation sites is 2. The molecule has 0 radical (unpaired) electrons. The summed E-state index contributed by atoms with van der Waals surface area (Å²) in [6.07, 6.45) is 1.70. The highest BCUT2D eigenvalue weighted by molar-refractivity contribution is 6.38. The normalized spacial score (nSPS) is 12.0. The lowest BCUT2D eigenvalue weighted by Gasteiger charge is -2.23. The summed E-state index contributed by atoms with van der Waals surface area (Å²) in [4.78, 5) is 33.3. The van der Waals surface area contributed by atoms with Crippen LogP contribution in [0.25, 0.3) is 11.1 Å². The van der Waals surface area contributed by atoms with Gasteiger partial charge < -0.3 is 15.5 Å². The number of hydrogen-bond acceptors (Lipinski definition) is 4. The summed E-state index contributed by atoms with van der Waals surface area (Å²) in [5.74, 6) is 0.0153. The molecular weight excluding hydrogens is 543 g/mol. The fourth-order valence-corrected chi connectivity index (χ4v) is 5.21. The third kappa shape index (κ3) is 4.91. The number of carbonyl (C=O) groups is 2. The Kier molecular flexibility index (Phi) is 6.95. The van der Waals surface area contributed by atoms with E-state index in [9.17, 15) is 9.59 Å². The number of benzene rings is 4. The van der Waals surface area contributed by atoms with Gasteiger partial charge in [0.25, 0.3) is 11.8 Å². The Labute approximate surface area is 241 Å². The second-order valence-corrected chi connectivity index (χ2v) is 10.0. The Morgan fingerprint density at radius 2 is 1.55 bits per heavy atom. The van der Waals surface area contributed by atoms with Crippen molar-refractivity contribution in [3.05, 3.63) is 136 Å². The van der Waals surface area contributed by atoms with Crippen LogP contribution in [0.2, 0.25) is 10.0 Å². The minimum absolute atomic E-state index is 0.169. The minimum atomic E-state index is -0.340. The van der Waals surface area contributed by atoms with Crippen molar-refractivity contribution in [3.8, 4) is 11.1 Å². The molecule has 2 heterocycles. The van der Waals surface area contributed by atoms with Crippen LogP contribution in [0.15, 0.2) is 109 Å². The molecule has 0 unspecified atom stereocenters. The van der Waals surface area contributed by atoms with Crippen molar-refractivity contribution in [2.45, 2.75) is 6.54 Å². The number of fused-ring (bicyclic) bond motifs is 2. The van der Waals surface area contributed by atoms with E-state index in [1.807, 2.05) is 78.9 Å². The Bertz CT molecular complexity index is 1760. The fraction of sp³-hybridized carbons (Fsp3) is 0.0312. The van der Waals surface area contributed by atoms with Gasteiger partial charge in [-0.3, -0.25) is 9.59 Å². The molecule has 196 valence electrons. The van der Waals surface area contributed by atoms with Crippen molar-refractivity contribution in [2.24, 2.45) is 0 Å². The number of amides is 2. The first-order valence-corrected chi connectivity index (χ1v) is 13.3. The molecule has 40 heavy (non-hydrogen) atoms. The molecule has 0 saturated heterocycles. The van der Waals surface area contributed by atoms with Crippen molar-refractivity contribution < 1.29 is 9.59 Å². The number of hydrogen-bond donors (Lipinski definition) is 2. The van der Waals surface area contributed by atoms with Crippen LogP contribution in [-0.2, 0) is 6.54 Å². The molecule has 1 aliphatic heterocycles. The first kappa shape index (κ1) is 25.6. The Morgan fingerprint density at radius 3 is 2.40 bits per heavy atom. The maximum Gasteiger partial charge on any atom is 0.260 e. The van der Waals surface area contributed by atoms with Crippen LogP contribution >= 0.6 is 23.2 Å². The minimum Gasteiger partial charge on any atom is -0.338 e. The highest BCUT2D eigenvalue weighted by Crippen LogP contribution is 2.37. The molecule has 6 nitrogen and oxygen atoms in total. The zero-order chi connectivity index (χ0) is 27.6. The molecule has 0 bridgehead atoms. The van der Waals surface area contributed by atoms with E-state index in [0.717, 1.165) is 22.4 Å². The molecule has 1 aromatic heterocycles. The van der Waals surface area contributed by atoms with Crippen LogP contribution in [-0.4, -0.2) is 16.8 Å². The third-order valence-electron chi connectivity index (χ3n) is 6.70. The topological polar surface area (TPSA) is 74.3 Å². The summed E-state index contributed by atoms with van der Waals surface area (Å²) in [6, 6.07) is 31.2. The third-order valence-corrected chi connectivity index (χ3v) is 7.33. The monoisotopic (exact) mass is 564 g/mol. The Morgan fingerprint density at radius 1 is 0.800 bits per heavy atom. The molecule has 2 N–H and O–H groups in total. The first-order valence-electron chi connectivity index (χ1n) is 12.6. The predicted molar refractivity (Wildman–Crippen MR) is 161 cm³/mol. The average Bonchev–Trinajstić information content (AvgIpc) is 3.16. The van der Waals surface area contributed by atoms with Crippen LogP contribution in [0.3, 0.4) is 0 Å². The molecule has 4 aromatic carbocycles. The summed E-state index contributed by atoms with van der Waals surface area (Å²) in [6.45, 7) is 0.286. The smallest absolute Gasteiger partial charge is 0.260 e. The highest BCUT2D eigenvalue weighted by Gasteiger charge is 2.27. The largest absolute Gasteiger partial charge is 0.338 e. The van der Waals surface area contributed by atoms with Crippen molar-refractivity contribution in [2.75, 3.05) is 15.5 Å². The number of nitrogens with zero attached hydrogens (tertiary/aromatic N) is 2. The lowest BCUT2D eigenvalue weighted by Crippen LogP contribution is -2.30. The molecule has 2 amide bonds. The number of anilines is 4. The van der Waals surface area contributed by atoms with E-state index in [1.54, 1.807) is 23.2 Å². The average molecular weight is 565 g/mol. The summed E-state index contributed by atoms with van der Waals surface area (Å²) in [5.41, 5.74) is 5.02. The summed E-state index contributed by atoms with van der Waals surface area (Å²) < 4.78 is 0. The molecule has 6 rings (SSSR count). The number of nitrogens with one attached hydrogen (secondary N) is 2. The van der Waals surface area contributed by atoms with E-state index >= 15 is 0 Å². The highest BCUT2D eigenvalue weighted by atomic mass is 35.5. The van der Waals surface area contributed by atoms with Gasteiger partial charge in [0.15, 0.2) is 0 Å². The van der Waals surface area contributed by atoms with Gasteiger partial charge in [-0.2, -0.15) is 0 Å². The number of carbonyl (C=O) groups excluding carboxylic acids is 2. The van der Waals surface area contributed by atoms with Gasteiger partial charge in [-0.15, -0.1) is 0 Å². The standard InChI is InChI=1S/C32H22Cl2N4O2/c33-25-18-28(37-31(39)23-13-5-4-12-22(23)20-9-2-1-3-10-20)26(34)17-24(25)32(40)38-19-21-11-8-16-35-30(21)36-27-14-6-7-15-29(27)38/h1-18H,19H2,(H,35,36)(H,37,39). The van der Waals surface area contributed by atoms with Gasteiger partial charge in [0.2, 0.25) is 0 Å². The maximum atomic E-state index is 13.9. The molecule has 1 aliphatic rings. The van der Waals surface area contributed by atoms with Crippen LogP contribution in [0.4, 0.5) is 22.9 Å². The van der Waals surface area contributed by atoms with Crippen LogP contribution in [0, 0.1) is 0 Å². The van der Waals surface area contributed by atoms with E-state index in [-0.39, 0.29) is 34.0 Å². The van der Waals surface area contributed by atoms with Crippen molar-refractivity contribution in [1.29, 1.82) is 0 Å². The maximum absolute atomic E-state index is 13.9. The van der Waals surface area contributed by atoms with Gasteiger partial charge in [0, 0.05) is 17.3 Å². The lowest BCUT2D eigenvalue weighted by atomic mass is 9.99. The van der Waals surface area contributed by atoms with E-state index in [2.05, 4.69) is 15.6 Å². The Balaban J connectivity index is 1.31. The van der Waals surface area contributed by atoms with E-state index < -0.39 is 0 Å². The van der Waals surface area contributed by atoms with Crippen molar-refractivity contribution in [3.63, 3.8) is 0 Å². The van der Waals surface area contributed by atoms with E-state index in [1.165, 1.54) is 12.1 Å². The van der Waals surface area contributed by atoms with Crippen LogP contribution in [0.5, 0.6) is 0 Å². The van der Waals surface area contributed by atoms with Crippen LogP contribution < -0.4 is 15.5 Å². The molecular formula is C32H22Cl2N4O2. The molecule has 0 fully saturated rings. The van der Waals surface area contributed by atoms with Crippen molar-refractivity contribution >= 4 is 57.9 Å². The van der Waals surface area contributed by atoms with Gasteiger partial charge in [-0.05, 0) is 47.5 Å². The Hall–Kier alpha value is -4.65. The number of rotatable bonds is 4. The summed E-state index contributed by atoms with van der Waals surface area (Å²) in [5, 5.41) is 6.54. The summed E-state index contributed by atoms with van der Waals surface area (Å²) >= 11 is 13.3. The van der Waals surface area contributed by atoms with Gasteiger partial charge >= 0.3 is 0 Å². The molecule has 8 heteroatoms. The molecule has 0 spiro atoms. The summed E-state index contributed by atoms with van der Waals surface area (Å²) in [7, 11) is 0.